The molecule has 2 atom stereocenters. The summed E-state index contributed by atoms with van der Waals surface area (Å²) in [5.74, 6) is 0.0140. The molecule has 2 amide bonds. The van der Waals surface area contributed by atoms with Gasteiger partial charge in [0, 0.05) is 18.9 Å². The van der Waals surface area contributed by atoms with E-state index in [2.05, 4.69) is 33.9 Å². The second-order valence-corrected chi connectivity index (χ2v) is 11.1. The number of carbonyl (C=O) groups excluding carboxylic acids is 2. The van der Waals surface area contributed by atoms with Gasteiger partial charge in [-0.05, 0) is 45.7 Å². The monoisotopic (exact) mass is 343 g/mol. The standard InChI is InChI=1S/C17H33NO4Si/c1-16(2,3)14(22-23(7)8)12-9-10-13(19)18(11-12)15(20)21-17(4,5)6/h12,14,23H,9-11H2,1-8H3. The first-order valence-corrected chi connectivity index (χ1v) is 11.3. The Hall–Kier alpha value is -0.883. The number of ether oxygens (including phenoxy) is 1. The van der Waals surface area contributed by atoms with Crippen LogP contribution in [-0.4, -0.2) is 44.2 Å². The van der Waals surface area contributed by atoms with Crippen molar-refractivity contribution in [3.8, 4) is 0 Å². The lowest BCUT2D eigenvalue weighted by Gasteiger charge is -2.42. The van der Waals surface area contributed by atoms with Crippen LogP contribution in [0.15, 0.2) is 0 Å². The summed E-state index contributed by atoms with van der Waals surface area (Å²) in [4.78, 5) is 25.7. The van der Waals surface area contributed by atoms with Crippen LogP contribution in [0.25, 0.3) is 0 Å². The van der Waals surface area contributed by atoms with Crippen LogP contribution in [0.3, 0.4) is 0 Å². The van der Waals surface area contributed by atoms with Gasteiger partial charge in [0.15, 0.2) is 9.04 Å². The predicted octanol–water partition coefficient (Wildman–Crippen LogP) is 3.57. The second-order valence-electron chi connectivity index (χ2n) is 8.75. The smallest absolute Gasteiger partial charge is 0.417 e. The van der Waals surface area contributed by atoms with Crippen molar-refractivity contribution in [2.75, 3.05) is 6.54 Å². The Balaban J connectivity index is 2.89. The summed E-state index contributed by atoms with van der Waals surface area (Å²) < 4.78 is 11.6. The molecular weight excluding hydrogens is 310 g/mol. The molecule has 1 saturated heterocycles. The van der Waals surface area contributed by atoms with Crippen LogP contribution >= 0.6 is 0 Å². The zero-order valence-electron chi connectivity index (χ0n) is 15.9. The van der Waals surface area contributed by atoms with Crippen molar-refractivity contribution in [2.45, 2.75) is 79.2 Å². The molecular formula is C17H33NO4Si. The Morgan fingerprint density at radius 1 is 1.22 bits per heavy atom. The van der Waals surface area contributed by atoms with Crippen LogP contribution in [0.5, 0.6) is 0 Å². The summed E-state index contributed by atoms with van der Waals surface area (Å²) in [6.07, 6.45) is 0.648. The fourth-order valence-electron chi connectivity index (χ4n) is 2.93. The molecule has 134 valence electrons. The zero-order chi connectivity index (χ0) is 18.0. The minimum atomic E-state index is -1.21. The molecule has 5 nitrogen and oxygen atoms in total. The van der Waals surface area contributed by atoms with Gasteiger partial charge in [-0.25, -0.2) is 9.69 Å². The van der Waals surface area contributed by atoms with E-state index in [9.17, 15) is 9.59 Å². The summed E-state index contributed by atoms with van der Waals surface area (Å²) in [7, 11) is -1.21. The second kappa shape index (κ2) is 7.34. The summed E-state index contributed by atoms with van der Waals surface area (Å²) in [5, 5.41) is 0. The molecule has 0 aromatic rings. The first-order chi connectivity index (χ1) is 10.3. The zero-order valence-corrected chi connectivity index (χ0v) is 17.1. The molecule has 0 bridgehead atoms. The topological polar surface area (TPSA) is 55.8 Å². The molecule has 1 aliphatic rings. The van der Waals surface area contributed by atoms with E-state index in [-0.39, 0.29) is 23.3 Å². The summed E-state index contributed by atoms with van der Waals surface area (Å²) in [6, 6.07) is 0. The number of rotatable bonds is 3. The molecule has 0 aromatic carbocycles. The first-order valence-electron chi connectivity index (χ1n) is 8.50. The number of piperidine rings is 1. The average Bonchev–Trinajstić information content (AvgIpc) is 2.33. The van der Waals surface area contributed by atoms with Crippen molar-refractivity contribution in [1.82, 2.24) is 4.90 Å². The van der Waals surface area contributed by atoms with Crippen LogP contribution in [0.2, 0.25) is 13.1 Å². The molecule has 1 aliphatic heterocycles. The third-order valence-corrected chi connectivity index (χ3v) is 4.60. The number of likely N-dealkylation sites (tertiary alicyclic amines) is 1. The maximum Gasteiger partial charge on any atom is 0.417 e. The molecule has 2 unspecified atom stereocenters. The third kappa shape index (κ3) is 6.26. The van der Waals surface area contributed by atoms with Crippen molar-refractivity contribution >= 4 is 21.0 Å². The highest BCUT2D eigenvalue weighted by Gasteiger charge is 2.40. The normalized spacial score (nSPS) is 21.5. The maximum atomic E-state index is 12.3. The molecule has 0 aromatic heterocycles. The molecule has 0 radical (unpaired) electrons. The lowest BCUT2D eigenvalue weighted by molar-refractivity contribution is -0.136. The third-order valence-electron chi connectivity index (χ3n) is 3.76. The van der Waals surface area contributed by atoms with Crippen molar-refractivity contribution in [3.63, 3.8) is 0 Å². The van der Waals surface area contributed by atoms with Gasteiger partial charge in [-0.15, -0.1) is 0 Å². The van der Waals surface area contributed by atoms with Gasteiger partial charge in [0.2, 0.25) is 5.91 Å². The molecule has 1 heterocycles. The lowest BCUT2D eigenvalue weighted by atomic mass is 9.78. The molecule has 0 spiro atoms. The van der Waals surface area contributed by atoms with Crippen molar-refractivity contribution in [3.05, 3.63) is 0 Å². The molecule has 6 heteroatoms. The van der Waals surface area contributed by atoms with E-state index < -0.39 is 20.7 Å². The van der Waals surface area contributed by atoms with Gasteiger partial charge in [0.05, 0.1) is 6.10 Å². The Labute approximate surface area is 142 Å². The Bertz CT molecular complexity index is 437. The SMILES string of the molecule is C[SiH](C)OC(C1CCC(=O)N(C(=O)OC(C)(C)C)C1)C(C)(C)C. The summed E-state index contributed by atoms with van der Waals surface area (Å²) in [6.45, 7) is 16.6. The molecule has 0 N–H and O–H groups in total. The number of hydrogen-bond acceptors (Lipinski definition) is 4. The number of amides is 2. The van der Waals surface area contributed by atoms with Crippen LogP contribution in [0.1, 0.15) is 54.4 Å². The van der Waals surface area contributed by atoms with Crippen molar-refractivity contribution in [1.29, 1.82) is 0 Å². The van der Waals surface area contributed by atoms with Crippen LogP contribution in [0, 0.1) is 11.3 Å². The van der Waals surface area contributed by atoms with E-state index >= 15 is 0 Å². The van der Waals surface area contributed by atoms with Crippen molar-refractivity contribution < 1.29 is 18.8 Å². The Kier molecular flexibility index (Phi) is 6.44. The van der Waals surface area contributed by atoms with Crippen molar-refractivity contribution in [2.24, 2.45) is 11.3 Å². The van der Waals surface area contributed by atoms with Gasteiger partial charge >= 0.3 is 6.09 Å². The Morgan fingerprint density at radius 2 is 1.78 bits per heavy atom. The van der Waals surface area contributed by atoms with Gasteiger partial charge in [-0.3, -0.25) is 4.79 Å². The van der Waals surface area contributed by atoms with Crippen LogP contribution in [-0.2, 0) is 14.0 Å². The largest absolute Gasteiger partial charge is 0.443 e. The minimum absolute atomic E-state index is 0.0259. The van der Waals surface area contributed by atoms with Gasteiger partial charge in [-0.1, -0.05) is 20.8 Å². The molecule has 0 saturated carbocycles. The Morgan fingerprint density at radius 3 is 2.22 bits per heavy atom. The first kappa shape index (κ1) is 20.2. The van der Waals surface area contributed by atoms with Gasteiger partial charge < -0.3 is 9.16 Å². The summed E-state index contributed by atoms with van der Waals surface area (Å²) >= 11 is 0. The maximum absolute atomic E-state index is 12.3. The van der Waals surface area contributed by atoms with Gasteiger partial charge in [0.25, 0.3) is 0 Å². The van der Waals surface area contributed by atoms with Gasteiger partial charge in [0.1, 0.15) is 5.60 Å². The van der Waals surface area contributed by atoms with E-state index in [4.69, 9.17) is 9.16 Å². The van der Waals surface area contributed by atoms with E-state index in [1.165, 1.54) is 4.90 Å². The highest BCUT2D eigenvalue weighted by molar-refractivity contribution is 6.48. The molecule has 23 heavy (non-hydrogen) atoms. The number of carbonyl (C=O) groups is 2. The van der Waals surface area contributed by atoms with Crippen LogP contribution < -0.4 is 0 Å². The summed E-state index contributed by atoms with van der Waals surface area (Å²) in [5.41, 5.74) is -0.628. The quantitative estimate of drug-likeness (QED) is 0.735. The fraction of sp³-hybridized carbons (Fsp3) is 0.882. The molecule has 1 fully saturated rings. The predicted molar refractivity (Wildman–Crippen MR) is 93.9 cm³/mol. The van der Waals surface area contributed by atoms with E-state index in [0.717, 1.165) is 6.42 Å². The fourth-order valence-corrected chi connectivity index (χ4v) is 4.14. The highest BCUT2D eigenvalue weighted by Crippen LogP contribution is 2.34. The van der Waals surface area contributed by atoms with E-state index in [1.54, 1.807) is 0 Å². The van der Waals surface area contributed by atoms with E-state index in [0.29, 0.717) is 13.0 Å². The number of imide groups is 1. The highest BCUT2D eigenvalue weighted by atomic mass is 28.3. The van der Waals surface area contributed by atoms with Gasteiger partial charge in [-0.2, -0.15) is 0 Å². The molecule has 0 aliphatic carbocycles. The lowest BCUT2D eigenvalue weighted by Crippen LogP contribution is -2.52. The van der Waals surface area contributed by atoms with E-state index in [1.807, 2.05) is 20.8 Å². The molecule has 1 rings (SSSR count). The average molecular weight is 344 g/mol. The van der Waals surface area contributed by atoms with Crippen LogP contribution in [0.4, 0.5) is 4.79 Å². The minimum Gasteiger partial charge on any atom is -0.443 e. The number of nitrogens with zero attached hydrogens (tertiary/aromatic N) is 1. The number of hydrogen-bond donors (Lipinski definition) is 0.